The van der Waals surface area contributed by atoms with Crippen molar-refractivity contribution in [3.63, 3.8) is 0 Å². The summed E-state index contributed by atoms with van der Waals surface area (Å²) in [4.78, 5) is 16.2. The molecule has 1 heterocycles. The molecule has 88 valence electrons. The Bertz CT molecular complexity index is 388. The van der Waals surface area contributed by atoms with Crippen molar-refractivity contribution < 1.29 is 4.79 Å². The molecule has 0 saturated heterocycles. The minimum Gasteiger partial charge on any atom is -0.346 e. The average molecular weight is 285 g/mol. The summed E-state index contributed by atoms with van der Waals surface area (Å²) >= 11 is 3.48. The molecule has 1 atom stereocenters. The predicted octanol–water partition coefficient (Wildman–Crippen LogP) is 2.68. The summed E-state index contributed by atoms with van der Waals surface area (Å²) in [5.41, 5.74) is 1.21. The number of hydrogen-bond donors (Lipinski definition) is 1. The molecule has 4 heteroatoms. The molecule has 0 bridgehead atoms. The van der Waals surface area contributed by atoms with Crippen molar-refractivity contribution in [3.8, 4) is 0 Å². The summed E-state index contributed by atoms with van der Waals surface area (Å²) in [7, 11) is 0. The molecule has 1 aromatic heterocycles. The van der Waals surface area contributed by atoms with Crippen LogP contribution in [0.5, 0.6) is 0 Å². The molecule has 0 aromatic carbocycles. The van der Waals surface area contributed by atoms with Crippen molar-refractivity contribution in [2.24, 2.45) is 0 Å². The monoisotopic (exact) mass is 284 g/mol. The van der Waals surface area contributed by atoms with Gasteiger partial charge in [0.05, 0.1) is 0 Å². The van der Waals surface area contributed by atoms with Crippen LogP contribution in [-0.4, -0.2) is 21.3 Å². The summed E-state index contributed by atoms with van der Waals surface area (Å²) in [6.07, 6.45) is 1.65. The molecule has 16 heavy (non-hydrogen) atoms. The third-order valence-corrected chi connectivity index (χ3v) is 3.73. The molecule has 0 spiro atoms. The minimum absolute atomic E-state index is 0.0678. The fourth-order valence-electron chi connectivity index (χ4n) is 1.15. The Balaban J connectivity index is 2.81. The van der Waals surface area contributed by atoms with Gasteiger partial charge in [0.2, 0.25) is 0 Å². The predicted molar refractivity (Wildman–Crippen MR) is 68.9 cm³/mol. The van der Waals surface area contributed by atoms with Gasteiger partial charge < -0.3 is 5.32 Å². The molecule has 0 aliphatic heterocycles. The van der Waals surface area contributed by atoms with Crippen LogP contribution >= 0.6 is 15.9 Å². The maximum Gasteiger partial charge on any atom is 0.251 e. The van der Waals surface area contributed by atoms with Crippen LogP contribution in [0.2, 0.25) is 0 Å². The second-order valence-corrected chi connectivity index (χ2v) is 5.85. The molecule has 0 aliphatic carbocycles. The summed E-state index contributed by atoms with van der Waals surface area (Å²) < 4.78 is 0. The number of carbonyl (C=O) groups is 1. The second-order valence-electron chi connectivity index (χ2n) is 4.48. The maximum atomic E-state index is 12.0. The molecule has 1 rings (SSSR count). The Labute approximate surface area is 105 Å². The molecular weight excluding hydrogens is 268 g/mol. The van der Waals surface area contributed by atoms with Gasteiger partial charge in [-0.3, -0.25) is 9.78 Å². The first-order valence-electron chi connectivity index (χ1n) is 5.22. The Kier molecular flexibility index (Phi) is 4.08. The zero-order valence-corrected chi connectivity index (χ0v) is 11.6. The zero-order valence-electron chi connectivity index (χ0n) is 10.0. The van der Waals surface area contributed by atoms with Gasteiger partial charge in [-0.2, -0.15) is 0 Å². The fourth-order valence-corrected chi connectivity index (χ4v) is 1.27. The number of amides is 1. The molecule has 0 saturated carbocycles. The summed E-state index contributed by atoms with van der Waals surface area (Å²) in [5, 5.41) is 2.99. The molecule has 0 fully saturated rings. The molecule has 0 radical (unpaired) electrons. The highest BCUT2D eigenvalue weighted by Gasteiger charge is 2.26. The number of nitrogens with one attached hydrogen (secondary N) is 1. The van der Waals surface area contributed by atoms with E-state index in [0.717, 1.165) is 5.69 Å². The summed E-state index contributed by atoms with van der Waals surface area (Å²) in [6.45, 7) is 7.85. The van der Waals surface area contributed by atoms with E-state index in [1.54, 1.807) is 18.3 Å². The van der Waals surface area contributed by atoms with Crippen molar-refractivity contribution in [1.82, 2.24) is 10.3 Å². The first-order valence-corrected chi connectivity index (χ1v) is 6.14. The van der Waals surface area contributed by atoms with Crippen LogP contribution in [0.25, 0.3) is 0 Å². The Morgan fingerprint density at radius 3 is 2.69 bits per heavy atom. The van der Waals surface area contributed by atoms with Gasteiger partial charge in [0.1, 0.15) is 0 Å². The number of aryl methyl sites for hydroxylation is 1. The first kappa shape index (κ1) is 13.2. The lowest BCUT2D eigenvalue weighted by atomic mass is 10.0. The van der Waals surface area contributed by atoms with Crippen LogP contribution in [0.4, 0.5) is 0 Å². The maximum absolute atomic E-state index is 12.0. The van der Waals surface area contributed by atoms with E-state index in [4.69, 9.17) is 0 Å². The third kappa shape index (κ3) is 3.30. The first-order chi connectivity index (χ1) is 7.33. The molecule has 1 amide bonds. The highest BCUT2D eigenvalue weighted by molar-refractivity contribution is 9.09. The van der Waals surface area contributed by atoms with Gasteiger partial charge in [0.15, 0.2) is 0 Å². The lowest BCUT2D eigenvalue weighted by Crippen LogP contribution is -2.48. The van der Waals surface area contributed by atoms with Gasteiger partial charge in [0.25, 0.3) is 5.91 Å². The number of carbonyl (C=O) groups excluding carboxylic acids is 1. The average Bonchev–Trinajstić information content (AvgIpc) is 2.16. The lowest BCUT2D eigenvalue weighted by molar-refractivity contribution is 0.0913. The summed E-state index contributed by atoms with van der Waals surface area (Å²) in [6, 6.07) is 3.50. The lowest BCUT2D eigenvalue weighted by Gasteiger charge is -2.29. The van der Waals surface area contributed by atoms with Crippen molar-refractivity contribution in [1.29, 1.82) is 0 Å². The van der Waals surface area contributed by atoms with E-state index in [9.17, 15) is 4.79 Å². The Morgan fingerprint density at radius 2 is 2.19 bits per heavy atom. The number of halogens is 1. The van der Waals surface area contributed by atoms with E-state index in [1.807, 2.05) is 27.7 Å². The fraction of sp³-hybridized carbons (Fsp3) is 0.500. The van der Waals surface area contributed by atoms with E-state index in [0.29, 0.717) is 5.56 Å². The number of alkyl halides is 1. The topological polar surface area (TPSA) is 42.0 Å². The van der Waals surface area contributed by atoms with Crippen molar-refractivity contribution in [2.45, 2.75) is 38.1 Å². The van der Waals surface area contributed by atoms with Crippen molar-refractivity contribution in [2.75, 3.05) is 0 Å². The normalized spacial score (nSPS) is 13.3. The Hall–Kier alpha value is -0.900. The zero-order chi connectivity index (χ0) is 12.3. The van der Waals surface area contributed by atoms with Gasteiger partial charge in [0, 0.05) is 27.8 Å². The third-order valence-electron chi connectivity index (χ3n) is 2.59. The minimum atomic E-state index is -0.283. The Morgan fingerprint density at radius 1 is 1.56 bits per heavy atom. The highest BCUT2D eigenvalue weighted by Crippen LogP contribution is 2.17. The van der Waals surface area contributed by atoms with E-state index >= 15 is 0 Å². The molecule has 1 N–H and O–H groups in total. The number of nitrogens with zero attached hydrogens (tertiary/aromatic N) is 1. The smallest absolute Gasteiger partial charge is 0.251 e. The number of aromatic nitrogens is 1. The number of rotatable bonds is 3. The van der Waals surface area contributed by atoms with Gasteiger partial charge in [-0.15, -0.1) is 0 Å². The van der Waals surface area contributed by atoms with Gasteiger partial charge in [-0.25, -0.2) is 0 Å². The standard InChI is InChI=1S/C12H17BrN2O/c1-8-7-10(5-6-14-8)11(16)15-12(3,4)9(2)13/h5-7,9H,1-4H3,(H,15,16). The molecule has 0 aliphatic rings. The van der Waals surface area contributed by atoms with Crippen LogP contribution in [0.3, 0.4) is 0 Å². The van der Waals surface area contributed by atoms with E-state index in [-0.39, 0.29) is 16.3 Å². The number of hydrogen-bond acceptors (Lipinski definition) is 2. The van der Waals surface area contributed by atoms with Crippen LogP contribution in [-0.2, 0) is 0 Å². The molecule has 1 aromatic rings. The van der Waals surface area contributed by atoms with Crippen LogP contribution in [0.1, 0.15) is 36.8 Å². The van der Waals surface area contributed by atoms with Crippen molar-refractivity contribution >= 4 is 21.8 Å². The van der Waals surface area contributed by atoms with Crippen LogP contribution in [0.15, 0.2) is 18.3 Å². The van der Waals surface area contributed by atoms with Gasteiger partial charge >= 0.3 is 0 Å². The number of pyridine rings is 1. The SMILES string of the molecule is Cc1cc(C(=O)NC(C)(C)C(C)Br)ccn1. The highest BCUT2D eigenvalue weighted by atomic mass is 79.9. The van der Waals surface area contributed by atoms with Gasteiger partial charge in [-0.05, 0) is 32.9 Å². The molecule has 1 unspecified atom stereocenters. The van der Waals surface area contributed by atoms with Crippen LogP contribution < -0.4 is 5.32 Å². The quantitative estimate of drug-likeness (QED) is 0.868. The second kappa shape index (κ2) is 4.95. The van der Waals surface area contributed by atoms with Gasteiger partial charge in [-0.1, -0.05) is 22.9 Å². The van der Waals surface area contributed by atoms with Crippen LogP contribution in [0, 0.1) is 6.92 Å². The van der Waals surface area contributed by atoms with E-state index in [1.165, 1.54) is 0 Å². The summed E-state index contributed by atoms with van der Waals surface area (Å²) in [5.74, 6) is -0.0678. The van der Waals surface area contributed by atoms with E-state index in [2.05, 4.69) is 26.2 Å². The largest absolute Gasteiger partial charge is 0.346 e. The van der Waals surface area contributed by atoms with Crippen molar-refractivity contribution in [3.05, 3.63) is 29.6 Å². The molecular formula is C12H17BrN2O. The van der Waals surface area contributed by atoms with E-state index < -0.39 is 0 Å². The molecule has 3 nitrogen and oxygen atoms in total.